The Kier molecular flexibility index (Phi) is 6.44. The van der Waals surface area contributed by atoms with E-state index in [0.717, 1.165) is 26.2 Å². The molecule has 2 N–H and O–H groups in total. The van der Waals surface area contributed by atoms with E-state index in [1.807, 2.05) is 36.4 Å². The molecule has 1 amide bonds. The number of hydrogen-bond donors (Lipinski definition) is 2. The second kappa shape index (κ2) is 9.19. The lowest BCUT2D eigenvalue weighted by Crippen LogP contribution is -2.48. The summed E-state index contributed by atoms with van der Waals surface area (Å²) in [5.74, 6) is -1.91. The molecule has 0 unspecified atom stereocenters. The number of carboxylic acids is 1. The molecule has 1 fully saturated rings. The molecule has 0 bridgehead atoms. The van der Waals surface area contributed by atoms with E-state index in [-0.39, 0.29) is 12.3 Å². The summed E-state index contributed by atoms with van der Waals surface area (Å²) in [5.41, 5.74) is 1.87. The number of piperazine rings is 1. The standard InChI is InChI=1S/C21H25N3O3/c25-20(22-18-7-3-1-4-8-18)15-17(21(26)27)16-23-11-13-24(14-12-23)19-9-5-2-6-10-19/h1-10,17H,11-16H2,(H,22,25)(H,26,27)/t17-/m1/s1. The molecule has 0 aliphatic carbocycles. The Balaban J connectivity index is 1.50. The second-order valence-electron chi connectivity index (χ2n) is 6.78. The molecule has 27 heavy (non-hydrogen) atoms. The Labute approximate surface area is 159 Å². The van der Waals surface area contributed by atoms with E-state index in [2.05, 4.69) is 27.2 Å². The van der Waals surface area contributed by atoms with E-state index in [0.29, 0.717) is 12.2 Å². The van der Waals surface area contributed by atoms with Crippen molar-refractivity contribution in [2.45, 2.75) is 6.42 Å². The average Bonchev–Trinajstić information content (AvgIpc) is 2.69. The zero-order valence-electron chi connectivity index (χ0n) is 15.3. The van der Waals surface area contributed by atoms with Crippen LogP contribution in [0.1, 0.15) is 6.42 Å². The van der Waals surface area contributed by atoms with Gasteiger partial charge in [0.15, 0.2) is 0 Å². The first kappa shape index (κ1) is 18.9. The summed E-state index contributed by atoms with van der Waals surface area (Å²) in [7, 11) is 0. The molecule has 2 aromatic carbocycles. The van der Waals surface area contributed by atoms with Crippen LogP contribution in [-0.2, 0) is 9.59 Å². The molecular formula is C21H25N3O3. The number of hydrogen-bond acceptors (Lipinski definition) is 4. The van der Waals surface area contributed by atoms with Gasteiger partial charge in [-0.3, -0.25) is 14.5 Å². The van der Waals surface area contributed by atoms with Crippen molar-refractivity contribution in [1.29, 1.82) is 0 Å². The highest BCUT2D eigenvalue weighted by Crippen LogP contribution is 2.17. The van der Waals surface area contributed by atoms with Gasteiger partial charge in [0.05, 0.1) is 5.92 Å². The summed E-state index contributed by atoms with van der Waals surface area (Å²) in [6, 6.07) is 19.3. The van der Waals surface area contributed by atoms with Gasteiger partial charge in [-0.2, -0.15) is 0 Å². The summed E-state index contributed by atoms with van der Waals surface area (Å²) < 4.78 is 0. The highest BCUT2D eigenvalue weighted by molar-refractivity contribution is 5.93. The van der Waals surface area contributed by atoms with Crippen LogP contribution in [0.2, 0.25) is 0 Å². The monoisotopic (exact) mass is 367 g/mol. The molecule has 6 nitrogen and oxygen atoms in total. The number of para-hydroxylation sites is 2. The third-order valence-electron chi connectivity index (χ3n) is 4.81. The van der Waals surface area contributed by atoms with Crippen molar-refractivity contribution in [3.05, 3.63) is 60.7 Å². The van der Waals surface area contributed by atoms with Gasteiger partial charge in [-0.15, -0.1) is 0 Å². The molecule has 0 spiro atoms. The van der Waals surface area contributed by atoms with Crippen LogP contribution in [0.5, 0.6) is 0 Å². The van der Waals surface area contributed by atoms with E-state index < -0.39 is 11.9 Å². The van der Waals surface area contributed by atoms with Crippen molar-refractivity contribution in [1.82, 2.24) is 4.90 Å². The van der Waals surface area contributed by atoms with Gasteiger partial charge >= 0.3 is 5.97 Å². The lowest BCUT2D eigenvalue weighted by atomic mass is 10.0. The number of nitrogens with zero attached hydrogens (tertiary/aromatic N) is 2. The number of carbonyl (C=O) groups is 2. The molecule has 1 heterocycles. The maximum Gasteiger partial charge on any atom is 0.308 e. The van der Waals surface area contributed by atoms with Gasteiger partial charge in [0.2, 0.25) is 5.91 Å². The maximum absolute atomic E-state index is 12.2. The lowest BCUT2D eigenvalue weighted by molar-refractivity contribution is -0.144. The van der Waals surface area contributed by atoms with Gasteiger partial charge in [0.1, 0.15) is 0 Å². The molecule has 2 aromatic rings. The van der Waals surface area contributed by atoms with Crippen LogP contribution in [-0.4, -0.2) is 54.6 Å². The van der Waals surface area contributed by atoms with Crippen molar-refractivity contribution in [3.8, 4) is 0 Å². The fourth-order valence-corrected chi connectivity index (χ4v) is 3.33. The molecule has 142 valence electrons. The Morgan fingerprint density at radius 3 is 2.11 bits per heavy atom. The first-order valence-corrected chi connectivity index (χ1v) is 9.22. The third-order valence-corrected chi connectivity index (χ3v) is 4.81. The Bertz CT molecular complexity index is 744. The van der Waals surface area contributed by atoms with Crippen LogP contribution in [0.4, 0.5) is 11.4 Å². The summed E-state index contributed by atoms with van der Waals surface area (Å²) in [4.78, 5) is 28.3. The number of rotatable bonds is 7. The van der Waals surface area contributed by atoms with Gasteiger partial charge in [-0.05, 0) is 24.3 Å². The number of carbonyl (C=O) groups excluding carboxylic acids is 1. The molecular weight excluding hydrogens is 342 g/mol. The highest BCUT2D eigenvalue weighted by atomic mass is 16.4. The van der Waals surface area contributed by atoms with Crippen LogP contribution >= 0.6 is 0 Å². The molecule has 1 saturated heterocycles. The zero-order valence-corrected chi connectivity index (χ0v) is 15.3. The topological polar surface area (TPSA) is 72.9 Å². The normalized spacial score (nSPS) is 15.9. The van der Waals surface area contributed by atoms with Gasteiger partial charge in [0.25, 0.3) is 0 Å². The van der Waals surface area contributed by atoms with Gasteiger partial charge in [-0.1, -0.05) is 36.4 Å². The smallest absolute Gasteiger partial charge is 0.308 e. The molecule has 0 saturated carbocycles. The quantitative estimate of drug-likeness (QED) is 0.787. The summed E-state index contributed by atoms with van der Waals surface area (Å²) >= 11 is 0. The van der Waals surface area contributed by atoms with Crippen LogP contribution in [0.25, 0.3) is 0 Å². The predicted molar refractivity (Wildman–Crippen MR) is 106 cm³/mol. The second-order valence-corrected chi connectivity index (χ2v) is 6.78. The molecule has 0 aromatic heterocycles. The SMILES string of the molecule is O=C(C[C@H](CN1CCN(c2ccccc2)CC1)C(=O)O)Nc1ccccc1. The van der Waals surface area contributed by atoms with Crippen LogP contribution < -0.4 is 10.2 Å². The van der Waals surface area contributed by atoms with E-state index in [1.54, 1.807) is 12.1 Å². The number of nitrogens with one attached hydrogen (secondary N) is 1. The lowest BCUT2D eigenvalue weighted by Gasteiger charge is -2.37. The largest absolute Gasteiger partial charge is 0.481 e. The molecule has 3 rings (SSSR count). The maximum atomic E-state index is 12.2. The first-order chi connectivity index (χ1) is 13.1. The fourth-order valence-electron chi connectivity index (χ4n) is 3.33. The van der Waals surface area contributed by atoms with Gasteiger partial charge < -0.3 is 15.3 Å². The predicted octanol–water partition coefficient (Wildman–Crippen LogP) is 2.54. The van der Waals surface area contributed by atoms with Crippen molar-refractivity contribution in [2.75, 3.05) is 42.9 Å². The molecule has 1 atom stereocenters. The fraction of sp³-hybridized carbons (Fsp3) is 0.333. The number of amides is 1. The minimum Gasteiger partial charge on any atom is -0.481 e. The van der Waals surface area contributed by atoms with E-state index >= 15 is 0 Å². The van der Waals surface area contributed by atoms with Crippen molar-refractivity contribution in [3.63, 3.8) is 0 Å². The van der Waals surface area contributed by atoms with E-state index in [4.69, 9.17) is 0 Å². The zero-order chi connectivity index (χ0) is 19.1. The van der Waals surface area contributed by atoms with Crippen molar-refractivity contribution in [2.24, 2.45) is 5.92 Å². The highest BCUT2D eigenvalue weighted by Gasteiger charge is 2.26. The number of benzene rings is 2. The summed E-state index contributed by atoms with van der Waals surface area (Å²) in [6.07, 6.45) is -0.0247. The molecule has 1 aliphatic heterocycles. The Morgan fingerprint density at radius 2 is 1.52 bits per heavy atom. The number of aliphatic carboxylic acids is 1. The number of anilines is 2. The average molecular weight is 367 g/mol. The minimum absolute atomic E-state index is 0.0247. The Morgan fingerprint density at radius 1 is 0.926 bits per heavy atom. The van der Waals surface area contributed by atoms with Crippen LogP contribution in [0, 0.1) is 5.92 Å². The summed E-state index contributed by atoms with van der Waals surface area (Å²) in [6.45, 7) is 3.68. The van der Waals surface area contributed by atoms with Gasteiger partial charge in [0, 0.05) is 50.5 Å². The van der Waals surface area contributed by atoms with Crippen molar-refractivity contribution < 1.29 is 14.7 Å². The van der Waals surface area contributed by atoms with Crippen LogP contribution in [0.15, 0.2) is 60.7 Å². The minimum atomic E-state index is -0.927. The van der Waals surface area contributed by atoms with Crippen LogP contribution in [0.3, 0.4) is 0 Å². The van der Waals surface area contributed by atoms with Crippen molar-refractivity contribution >= 4 is 23.3 Å². The molecule has 0 radical (unpaired) electrons. The number of carboxylic acid groups (broad SMARTS) is 1. The first-order valence-electron chi connectivity index (χ1n) is 9.22. The van der Waals surface area contributed by atoms with E-state index in [1.165, 1.54) is 5.69 Å². The van der Waals surface area contributed by atoms with Gasteiger partial charge in [-0.25, -0.2) is 0 Å². The third kappa shape index (κ3) is 5.56. The summed E-state index contributed by atoms with van der Waals surface area (Å²) in [5, 5.41) is 12.3. The molecule has 6 heteroatoms. The Hall–Kier alpha value is -2.86. The molecule has 1 aliphatic rings. The van der Waals surface area contributed by atoms with E-state index in [9.17, 15) is 14.7 Å².